The summed E-state index contributed by atoms with van der Waals surface area (Å²) in [5.74, 6) is -0.125. The van der Waals surface area contributed by atoms with Crippen molar-refractivity contribution < 1.29 is 42.9 Å². The third-order valence-electron chi connectivity index (χ3n) is 10.8. The minimum absolute atomic E-state index is 0.0425. The Bertz CT molecular complexity index is 2140. The molecule has 4 aliphatic rings. The molecule has 3 fully saturated rings. The van der Waals surface area contributed by atoms with Gasteiger partial charge in [-0.25, -0.2) is 24.4 Å². The maximum absolute atomic E-state index is 13.6. The van der Waals surface area contributed by atoms with Gasteiger partial charge in [-0.1, -0.05) is 30.3 Å². The zero-order valence-corrected chi connectivity index (χ0v) is 40.7. The van der Waals surface area contributed by atoms with Crippen molar-refractivity contribution in [3.63, 3.8) is 0 Å². The second kappa shape index (κ2) is 20.7. The molecule has 0 heterocycles. The van der Waals surface area contributed by atoms with Crippen molar-refractivity contribution in [1.82, 2.24) is 21.3 Å². The molecule has 6 rings (SSSR count). The molecular weight excluding hydrogens is 845 g/mol. The molecule has 0 spiro atoms. The minimum atomic E-state index is -0.742. The van der Waals surface area contributed by atoms with Gasteiger partial charge in [0.2, 0.25) is 23.7 Å². The predicted octanol–water partition coefficient (Wildman–Crippen LogP) is 8.76. The van der Waals surface area contributed by atoms with Gasteiger partial charge in [0.15, 0.2) is 0 Å². The van der Waals surface area contributed by atoms with Crippen molar-refractivity contribution in [1.29, 1.82) is 0 Å². The van der Waals surface area contributed by atoms with E-state index in [0.717, 1.165) is 16.7 Å². The summed E-state index contributed by atoms with van der Waals surface area (Å²) in [5.41, 5.74) is 1.19. The van der Waals surface area contributed by atoms with Crippen LogP contribution in [0.1, 0.15) is 133 Å². The number of alkyl carbamates (subject to hydrolysis) is 3. The number of fused-ring (bicyclic) bond motifs is 1. The summed E-state index contributed by atoms with van der Waals surface area (Å²) in [6, 6.07) is 14.9. The average Bonchev–Trinajstić information content (AvgIpc) is 3.74. The largest absolute Gasteiger partial charge is 0.444 e. The van der Waals surface area contributed by atoms with E-state index in [0.29, 0.717) is 49.9 Å². The molecular formula is C49H70N8O9. The molecule has 17 nitrogen and oxygen atoms in total. The van der Waals surface area contributed by atoms with E-state index in [-0.39, 0.29) is 54.9 Å². The summed E-state index contributed by atoms with van der Waals surface area (Å²) in [4.78, 5) is 73.8. The van der Waals surface area contributed by atoms with Gasteiger partial charge in [-0.3, -0.25) is 25.5 Å². The van der Waals surface area contributed by atoms with Crippen LogP contribution >= 0.6 is 0 Å². The van der Waals surface area contributed by atoms with Crippen molar-refractivity contribution in [3.05, 3.63) is 65.7 Å². The predicted molar refractivity (Wildman–Crippen MR) is 255 cm³/mol. The van der Waals surface area contributed by atoms with Gasteiger partial charge in [0.25, 0.3) is 0 Å². The van der Waals surface area contributed by atoms with E-state index >= 15 is 0 Å². The number of nitrogens with zero attached hydrogens (tertiary/aromatic N) is 2. The van der Waals surface area contributed by atoms with Crippen molar-refractivity contribution >= 4 is 59.0 Å². The maximum Gasteiger partial charge on any atom is 0.414 e. The summed E-state index contributed by atoms with van der Waals surface area (Å²) in [7, 11) is 0. The van der Waals surface area contributed by atoms with Gasteiger partial charge in [0.1, 0.15) is 23.5 Å². The van der Waals surface area contributed by atoms with Gasteiger partial charge in [-0.05, 0) is 168 Å². The first kappa shape index (κ1) is 51.0. The second-order valence-corrected chi connectivity index (χ2v) is 21.2. The number of hydrogen-bond donors (Lipinski definition) is 6. The van der Waals surface area contributed by atoms with Crippen LogP contribution in [-0.2, 0) is 35.1 Å². The molecule has 4 aliphatic carbocycles. The molecule has 3 saturated carbocycles. The third-order valence-corrected chi connectivity index (χ3v) is 10.8. The number of hydrogen-bond acceptors (Lipinski definition) is 11. The molecule has 0 saturated heterocycles. The molecule has 6 N–H and O–H groups in total. The summed E-state index contributed by atoms with van der Waals surface area (Å²) >= 11 is 0. The highest BCUT2D eigenvalue weighted by Gasteiger charge is 2.62. The van der Waals surface area contributed by atoms with Crippen LogP contribution in [0, 0.1) is 17.3 Å². The number of amides is 5. The number of carbonyl (C=O) groups is 5. The SMILES string of the molecule is CC(C)(C)OCNC(=NCc1ccc(NC(=O)C23CC(C2)[C@H](C(=O)Nc2ccc(C4=CCC(N=C(NC(=O)OC(C)(C)C)NC(=O)OC(C)(C)C)CC4)cc2)C3)cc1)NC(=O)OC(C)(C)C. The number of anilines is 2. The van der Waals surface area contributed by atoms with Crippen LogP contribution < -0.4 is 31.9 Å². The zero-order chi connectivity index (χ0) is 48.7. The number of benzene rings is 2. The number of carbonyl (C=O) groups excluding carboxylic acids is 5. The molecule has 360 valence electrons. The Kier molecular flexibility index (Phi) is 16.0. The summed E-state index contributed by atoms with van der Waals surface area (Å²) in [6.07, 6.45) is 3.73. The lowest BCUT2D eigenvalue weighted by molar-refractivity contribution is -0.129. The van der Waals surface area contributed by atoms with E-state index in [2.05, 4.69) is 48.0 Å². The van der Waals surface area contributed by atoms with Gasteiger partial charge in [-0.15, -0.1) is 0 Å². The smallest absolute Gasteiger partial charge is 0.414 e. The number of aliphatic imine (C=N–C) groups is 2. The summed E-state index contributed by atoms with van der Waals surface area (Å²) < 4.78 is 21.9. The summed E-state index contributed by atoms with van der Waals surface area (Å²) in [5, 5.41) is 16.9. The molecule has 17 heteroatoms. The van der Waals surface area contributed by atoms with Crippen molar-refractivity contribution in [2.45, 2.75) is 157 Å². The first-order valence-corrected chi connectivity index (χ1v) is 22.6. The Morgan fingerprint density at radius 2 is 1.17 bits per heavy atom. The molecule has 0 radical (unpaired) electrons. The number of nitrogens with one attached hydrogen (secondary N) is 6. The maximum atomic E-state index is 13.6. The molecule has 5 amide bonds. The topological polar surface area (TPSA) is 219 Å². The van der Waals surface area contributed by atoms with Gasteiger partial charge in [-0.2, -0.15) is 0 Å². The Labute approximate surface area is 389 Å². The molecule has 2 aromatic carbocycles. The molecule has 1 unspecified atom stereocenters. The van der Waals surface area contributed by atoms with Gasteiger partial charge >= 0.3 is 18.3 Å². The Morgan fingerprint density at radius 1 is 0.652 bits per heavy atom. The lowest BCUT2D eigenvalue weighted by atomic mass is 9.68. The van der Waals surface area contributed by atoms with Crippen LogP contribution in [0.4, 0.5) is 25.8 Å². The fourth-order valence-electron chi connectivity index (χ4n) is 7.84. The first-order chi connectivity index (χ1) is 30.6. The molecule has 2 atom stereocenters. The van der Waals surface area contributed by atoms with Crippen molar-refractivity contribution in [3.8, 4) is 0 Å². The normalized spacial score (nSPS) is 20.6. The number of allylic oxidation sites excluding steroid dienone is 1. The highest BCUT2D eigenvalue weighted by atomic mass is 16.6. The fraction of sp³-hybridized carbons (Fsp3) is 0.571. The molecule has 0 aliphatic heterocycles. The minimum Gasteiger partial charge on any atom is -0.444 e. The third kappa shape index (κ3) is 16.2. The molecule has 66 heavy (non-hydrogen) atoms. The Hall–Kier alpha value is -5.97. The zero-order valence-electron chi connectivity index (χ0n) is 40.7. The fourth-order valence-corrected chi connectivity index (χ4v) is 7.84. The monoisotopic (exact) mass is 915 g/mol. The van der Waals surface area contributed by atoms with E-state index < -0.39 is 46.1 Å². The lowest BCUT2D eigenvalue weighted by Crippen LogP contribution is -2.47. The highest BCUT2D eigenvalue weighted by molar-refractivity contribution is 6.02. The molecule has 2 aromatic rings. The number of rotatable bonds is 10. The van der Waals surface area contributed by atoms with E-state index in [1.807, 2.05) is 69.3 Å². The van der Waals surface area contributed by atoms with Gasteiger partial charge in [0, 0.05) is 17.3 Å². The standard InChI is InChI=1S/C49H70N8O9/c1-45(2,3)63-29-51-40(55-42(60)64-46(4,5)6)50-28-30-13-19-35(20-14-30)53-39(59)49-25-33(26-49)37(27-49)38(58)52-34-21-15-31(16-22-34)32-17-23-36(24-18-32)54-41(56-43(61)65-47(7,8)9)57-44(62)66-48(10,11)12/h13-17,19-22,33,36-37H,18,23-29H2,1-12H3,(H,52,58)(H,53,59)(H2,50,51,55,60)(H2,54,56,57,61,62)/t33?,36?,37-,49?/m1/s1. The Morgan fingerprint density at radius 3 is 1.67 bits per heavy atom. The second-order valence-electron chi connectivity index (χ2n) is 21.2. The van der Waals surface area contributed by atoms with Crippen LogP contribution in [0.2, 0.25) is 0 Å². The summed E-state index contributed by atoms with van der Waals surface area (Å²) in [6.45, 7) is 22.0. The number of guanidine groups is 2. The van der Waals surface area contributed by atoms with Crippen molar-refractivity contribution in [2.75, 3.05) is 17.4 Å². The lowest BCUT2D eigenvalue weighted by Gasteiger charge is -2.36. The number of ether oxygens (including phenoxy) is 4. The van der Waals surface area contributed by atoms with E-state index in [4.69, 9.17) is 18.9 Å². The van der Waals surface area contributed by atoms with Crippen LogP contribution in [0.5, 0.6) is 0 Å². The average molecular weight is 915 g/mol. The van der Waals surface area contributed by atoms with Crippen LogP contribution in [0.3, 0.4) is 0 Å². The molecule has 2 bridgehead atoms. The van der Waals surface area contributed by atoms with Crippen LogP contribution in [0.25, 0.3) is 5.57 Å². The van der Waals surface area contributed by atoms with Crippen LogP contribution in [0.15, 0.2) is 64.6 Å². The van der Waals surface area contributed by atoms with Gasteiger partial charge in [0.05, 0.1) is 23.6 Å². The quantitative estimate of drug-likeness (QED) is 0.0576. The Balaban J connectivity index is 1.11. The van der Waals surface area contributed by atoms with E-state index in [1.165, 1.54) is 0 Å². The van der Waals surface area contributed by atoms with Crippen LogP contribution in [-0.4, -0.2) is 77.2 Å². The molecule has 0 aromatic heterocycles. The van der Waals surface area contributed by atoms with Gasteiger partial charge < -0.3 is 34.9 Å². The van der Waals surface area contributed by atoms with Crippen molar-refractivity contribution in [2.24, 2.45) is 27.2 Å². The van der Waals surface area contributed by atoms with E-state index in [9.17, 15) is 24.0 Å². The first-order valence-electron chi connectivity index (χ1n) is 22.6. The van der Waals surface area contributed by atoms with E-state index in [1.54, 1.807) is 62.3 Å². The highest BCUT2D eigenvalue weighted by Crippen LogP contribution is 2.62.